The normalized spacial score (nSPS) is 20.4. The molecule has 1 aliphatic heterocycles. The molecule has 0 aromatic heterocycles. The van der Waals surface area contributed by atoms with Crippen LogP contribution in [-0.2, 0) is 14.8 Å². The van der Waals surface area contributed by atoms with E-state index in [9.17, 15) is 18.5 Å². The third kappa shape index (κ3) is 3.58. The van der Waals surface area contributed by atoms with Gasteiger partial charge in [0, 0.05) is 24.8 Å². The number of hydrogen-bond donors (Lipinski definition) is 1. The molecule has 2 atom stereocenters. The van der Waals surface area contributed by atoms with Gasteiger partial charge in [-0.3, -0.25) is 10.1 Å². The second-order valence-electron chi connectivity index (χ2n) is 5.17. The van der Waals surface area contributed by atoms with Crippen LogP contribution in [0.2, 0.25) is 0 Å². The Morgan fingerprint density at radius 3 is 2.76 bits per heavy atom. The number of aryl methyl sites for hydroxylation is 1. The maximum atomic E-state index is 12.4. The molecule has 0 amide bonds. The Hall–Kier alpha value is -1.51. The van der Waals surface area contributed by atoms with Crippen molar-refractivity contribution in [2.24, 2.45) is 0 Å². The summed E-state index contributed by atoms with van der Waals surface area (Å²) in [4.78, 5) is 10.1. The van der Waals surface area contributed by atoms with E-state index in [0.717, 1.165) is 18.9 Å². The summed E-state index contributed by atoms with van der Waals surface area (Å²) < 4.78 is 32.8. The van der Waals surface area contributed by atoms with E-state index >= 15 is 0 Å². The molecule has 1 aliphatic rings. The summed E-state index contributed by atoms with van der Waals surface area (Å²) in [5.41, 5.74) is 0.221. The van der Waals surface area contributed by atoms with E-state index < -0.39 is 14.9 Å². The monoisotopic (exact) mass is 314 g/mol. The number of rotatable bonds is 5. The lowest BCUT2D eigenvalue weighted by Gasteiger charge is -2.20. The average Bonchev–Trinajstić information content (AvgIpc) is 2.92. The molecule has 1 N–H and O–H groups in total. The quantitative estimate of drug-likeness (QED) is 0.659. The zero-order valence-electron chi connectivity index (χ0n) is 11.9. The highest BCUT2D eigenvalue weighted by molar-refractivity contribution is 7.89. The predicted molar refractivity (Wildman–Crippen MR) is 76.6 cm³/mol. The second kappa shape index (κ2) is 6.08. The van der Waals surface area contributed by atoms with Gasteiger partial charge >= 0.3 is 0 Å². The van der Waals surface area contributed by atoms with Crippen molar-refractivity contribution in [3.05, 3.63) is 33.9 Å². The molecule has 1 aromatic rings. The fraction of sp³-hybridized carbons (Fsp3) is 0.538. The predicted octanol–water partition coefficient (Wildman–Crippen LogP) is 1.75. The standard InChI is InChI=1S/C13H18N2O5S/c1-9-5-6-11(15(16)17)8-13(9)21(18,19)14-10(2)12-4-3-7-20-12/h5-6,8,10,12,14H,3-4,7H2,1-2H3/t10-,12+/m0/s1. The molecule has 0 bridgehead atoms. The summed E-state index contributed by atoms with van der Waals surface area (Å²) in [5.74, 6) is 0. The van der Waals surface area contributed by atoms with E-state index in [0.29, 0.717) is 12.2 Å². The highest BCUT2D eigenvalue weighted by Crippen LogP contribution is 2.23. The van der Waals surface area contributed by atoms with Crippen LogP contribution in [0.3, 0.4) is 0 Å². The fourth-order valence-corrected chi connectivity index (χ4v) is 3.91. The lowest BCUT2D eigenvalue weighted by atomic mass is 10.1. The molecule has 1 fully saturated rings. The number of nitrogens with one attached hydrogen (secondary N) is 1. The van der Waals surface area contributed by atoms with Gasteiger partial charge < -0.3 is 4.74 Å². The van der Waals surface area contributed by atoms with E-state index in [2.05, 4.69) is 4.72 Å². The van der Waals surface area contributed by atoms with Crippen molar-refractivity contribution in [1.29, 1.82) is 0 Å². The molecule has 0 aliphatic carbocycles. The molecule has 0 unspecified atom stereocenters. The van der Waals surface area contributed by atoms with Gasteiger partial charge in [0.05, 0.1) is 15.9 Å². The van der Waals surface area contributed by atoms with Crippen molar-refractivity contribution in [2.75, 3.05) is 6.61 Å². The maximum Gasteiger partial charge on any atom is 0.270 e. The molecule has 0 radical (unpaired) electrons. The molecule has 0 saturated carbocycles. The average molecular weight is 314 g/mol. The van der Waals surface area contributed by atoms with Gasteiger partial charge in [-0.1, -0.05) is 6.07 Å². The smallest absolute Gasteiger partial charge is 0.270 e. The van der Waals surface area contributed by atoms with Crippen LogP contribution in [0.25, 0.3) is 0 Å². The summed E-state index contributed by atoms with van der Waals surface area (Å²) in [6.07, 6.45) is 1.56. The lowest BCUT2D eigenvalue weighted by molar-refractivity contribution is -0.385. The second-order valence-corrected chi connectivity index (χ2v) is 6.85. The number of benzene rings is 1. The SMILES string of the molecule is Cc1ccc([N+](=O)[O-])cc1S(=O)(=O)N[C@@H](C)[C@H]1CCCO1. The highest BCUT2D eigenvalue weighted by atomic mass is 32.2. The minimum Gasteiger partial charge on any atom is -0.377 e. The van der Waals surface area contributed by atoms with Gasteiger partial charge in [0.25, 0.3) is 5.69 Å². The van der Waals surface area contributed by atoms with Crippen LogP contribution in [0.5, 0.6) is 0 Å². The Kier molecular flexibility index (Phi) is 4.60. The number of sulfonamides is 1. The van der Waals surface area contributed by atoms with E-state index in [1.165, 1.54) is 12.1 Å². The van der Waals surface area contributed by atoms with Crippen molar-refractivity contribution < 1.29 is 18.1 Å². The van der Waals surface area contributed by atoms with Gasteiger partial charge in [0.15, 0.2) is 0 Å². The van der Waals surface area contributed by atoms with E-state index in [4.69, 9.17) is 4.74 Å². The first-order chi connectivity index (χ1) is 9.81. The van der Waals surface area contributed by atoms with E-state index in [1.54, 1.807) is 13.8 Å². The highest BCUT2D eigenvalue weighted by Gasteiger charge is 2.28. The molecule has 2 rings (SSSR count). The van der Waals surface area contributed by atoms with Crippen LogP contribution < -0.4 is 4.72 Å². The number of nitro benzene ring substituents is 1. The van der Waals surface area contributed by atoms with Gasteiger partial charge in [0.1, 0.15) is 0 Å². The number of nitrogens with zero attached hydrogens (tertiary/aromatic N) is 1. The van der Waals surface area contributed by atoms with Crippen LogP contribution in [0.15, 0.2) is 23.1 Å². The topological polar surface area (TPSA) is 98.5 Å². The van der Waals surface area contributed by atoms with Crippen LogP contribution in [0.1, 0.15) is 25.3 Å². The molecule has 8 heteroatoms. The first-order valence-corrected chi connectivity index (χ1v) is 8.18. The van der Waals surface area contributed by atoms with Gasteiger partial charge in [0.2, 0.25) is 10.0 Å². The molecule has 1 heterocycles. The zero-order valence-corrected chi connectivity index (χ0v) is 12.7. The first-order valence-electron chi connectivity index (χ1n) is 6.70. The van der Waals surface area contributed by atoms with Crippen molar-refractivity contribution in [3.8, 4) is 0 Å². The number of hydrogen-bond acceptors (Lipinski definition) is 5. The number of nitro groups is 1. The molecule has 21 heavy (non-hydrogen) atoms. The molecular formula is C13H18N2O5S. The van der Waals surface area contributed by atoms with Crippen LogP contribution >= 0.6 is 0 Å². The van der Waals surface area contributed by atoms with Crippen molar-refractivity contribution in [1.82, 2.24) is 4.72 Å². The lowest BCUT2D eigenvalue weighted by Crippen LogP contribution is -2.40. The zero-order chi connectivity index (χ0) is 15.6. The van der Waals surface area contributed by atoms with Crippen molar-refractivity contribution in [2.45, 2.75) is 43.7 Å². The van der Waals surface area contributed by atoms with Gasteiger partial charge in [-0.05, 0) is 32.3 Å². The van der Waals surface area contributed by atoms with Crippen LogP contribution in [0, 0.1) is 17.0 Å². The minimum absolute atomic E-state index is 0.0680. The van der Waals surface area contributed by atoms with E-state index in [1.807, 2.05) is 0 Å². The molecule has 116 valence electrons. The summed E-state index contributed by atoms with van der Waals surface area (Å²) in [7, 11) is -3.82. The summed E-state index contributed by atoms with van der Waals surface area (Å²) in [6, 6.07) is 3.43. The molecule has 1 saturated heterocycles. The maximum absolute atomic E-state index is 12.4. The Bertz CT molecular complexity index is 638. The number of non-ortho nitro benzene ring substituents is 1. The Labute approximate surface area is 123 Å². The van der Waals surface area contributed by atoms with Crippen molar-refractivity contribution in [3.63, 3.8) is 0 Å². The fourth-order valence-electron chi connectivity index (χ4n) is 2.37. The molecule has 1 aromatic carbocycles. The van der Waals surface area contributed by atoms with Gasteiger partial charge in [-0.25, -0.2) is 13.1 Å². The third-order valence-electron chi connectivity index (χ3n) is 3.54. The summed E-state index contributed by atoms with van der Waals surface area (Å²) >= 11 is 0. The summed E-state index contributed by atoms with van der Waals surface area (Å²) in [5, 5.41) is 10.8. The van der Waals surface area contributed by atoms with Gasteiger partial charge in [-0.2, -0.15) is 0 Å². The Morgan fingerprint density at radius 2 is 2.19 bits per heavy atom. The number of ether oxygens (including phenoxy) is 1. The molecular weight excluding hydrogens is 296 g/mol. The largest absolute Gasteiger partial charge is 0.377 e. The Morgan fingerprint density at radius 1 is 1.48 bits per heavy atom. The van der Waals surface area contributed by atoms with Gasteiger partial charge in [-0.15, -0.1) is 0 Å². The summed E-state index contributed by atoms with van der Waals surface area (Å²) in [6.45, 7) is 3.97. The van der Waals surface area contributed by atoms with Crippen molar-refractivity contribution >= 4 is 15.7 Å². The first kappa shape index (κ1) is 15.9. The molecule has 0 spiro atoms. The third-order valence-corrected chi connectivity index (χ3v) is 5.24. The van der Waals surface area contributed by atoms with E-state index in [-0.39, 0.29) is 22.7 Å². The molecule has 7 nitrogen and oxygen atoms in total. The van der Waals surface area contributed by atoms with Crippen LogP contribution in [0.4, 0.5) is 5.69 Å². The Balaban J connectivity index is 2.26. The van der Waals surface area contributed by atoms with Crippen LogP contribution in [-0.4, -0.2) is 32.1 Å². The minimum atomic E-state index is -3.82.